The molecule has 0 aromatic carbocycles. The summed E-state index contributed by atoms with van der Waals surface area (Å²) >= 11 is 5.77. The van der Waals surface area contributed by atoms with E-state index >= 15 is 0 Å². The van der Waals surface area contributed by atoms with E-state index < -0.39 is 0 Å². The van der Waals surface area contributed by atoms with Gasteiger partial charge in [-0.15, -0.1) is 11.8 Å². The summed E-state index contributed by atoms with van der Waals surface area (Å²) in [6.45, 7) is 0. The average Bonchev–Trinajstić information content (AvgIpc) is 2.12. The number of rotatable bonds is 1. The second-order valence-corrected chi connectivity index (χ2v) is 2.17. The lowest BCUT2D eigenvalue weighted by Gasteiger charge is -1.65. The standard InChI is InChI=1S/C3H4S2/c4-1-3-2-5-3/h2,4H,1H2. The zero-order valence-electron chi connectivity index (χ0n) is 2.64. The van der Waals surface area contributed by atoms with Crippen molar-refractivity contribution >= 4 is 24.4 Å². The van der Waals surface area contributed by atoms with Gasteiger partial charge in [-0.2, -0.15) is 12.6 Å². The lowest BCUT2D eigenvalue weighted by molar-refractivity contribution is 1.83. The van der Waals surface area contributed by atoms with Crippen LogP contribution in [0.2, 0.25) is 0 Å². The van der Waals surface area contributed by atoms with E-state index in [1.807, 2.05) is 0 Å². The van der Waals surface area contributed by atoms with E-state index in [2.05, 4.69) is 18.0 Å². The van der Waals surface area contributed by atoms with Crippen LogP contribution in [0.25, 0.3) is 0 Å². The Balaban J connectivity index is 2.22. The zero-order chi connectivity index (χ0) is 3.70. The minimum atomic E-state index is 0.935. The summed E-state index contributed by atoms with van der Waals surface area (Å²) in [5, 5.41) is 2.10. The third kappa shape index (κ3) is 0.893. The molecule has 0 nitrogen and oxygen atoms in total. The molecule has 1 rings (SSSR count). The Morgan fingerprint density at radius 3 is 2.60 bits per heavy atom. The monoisotopic (exact) mass is 104 g/mol. The number of hydrogen-bond donors (Lipinski definition) is 1. The van der Waals surface area contributed by atoms with Crippen LogP contribution in [0, 0.1) is 0 Å². The molecule has 1 heterocycles. The van der Waals surface area contributed by atoms with Gasteiger partial charge in [-0.3, -0.25) is 0 Å². The van der Waals surface area contributed by atoms with Crippen LogP contribution in [0.5, 0.6) is 0 Å². The molecule has 2 heteroatoms. The van der Waals surface area contributed by atoms with Crippen molar-refractivity contribution < 1.29 is 0 Å². The molecule has 0 bridgehead atoms. The fourth-order valence-electron chi connectivity index (χ4n) is 0.116. The van der Waals surface area contributed by atoms with Gasteiger partial charge >= 0.3 is 0 Å². The molecule has 0 spiro atoms. The number of thiol groups is 1. The summed E-state index contributed by atoms with van der Waals surface area (Å²) in [5.74, 6) is 0.935. The largest absolute Gasteiger partial charge is 0.174 e. The first-order valence-electron chi connectivity index (χ1n) is 1.40. The molecule has 0 radical (unpaired) electrons. The first kappa shape index (κ1) is 3.62. The van der Waals surface area contributed by atoms with E-state index in [0.29, 0.717) is 0 Å². The van der Waals surface area contributed by atoms with Gasteiger partial charge in [0, 0.05) is 10.7 Å². The SMILES string of the molecule is SCC1=CS1. The molecule has 5 heavy (non-hydrogen) atoms. The summed E-state index contributed by atoms with van der Waals surface area (Å²) < 4.78 is 0. The molecule has 0 aromatic rings. The fraction of sp³-hybridized carbons (Fsp3) is 0.333. The molecule has 0 aliphatic carbocycles. The van der Waals surface area contributed by atoms with Crippen LogP contribution in [0.15, 0.2) is 10.3 Å². The van der Waals surface area contributed by atoms with E-state index in [4.69, 9.17) is 0 Å². The Labute approximate surface area is 41.1 Å². The Morgan fingerprint density at radius 2 is 2.60 bits per heavy atom. The zero-order valence-corrected chi connectivity index (χ0v) is 4.35. The van der Waals surface area contributed by atoms with Crippen LogP contribution in [-0.4, -0.2) is 5.75 Å². The van der Waals surface area contributed by atoms with Gasteiger partial charge < -0.3 is 0 Å². The van der Waals surface area contributed by atoms with Crippen molar-refractivity contribution in [2.24, 2.45) is 0 Å². The van der Waals surface area contributed by atoms with Crippen molar-refractivity contribution in [3.8, 4) is 0 Å². The summed E-state index contributed by atoms with van der Waals surface area (Å²) in [7, 11) is 0. The highest BCUT2D eigenvalue weighted by atomic mass is 32.2. The Bertz CT molecular complexity index is 65.3. The van der Waals surface area contributed by atoms with Crippen LogP contribution < -0.4 is 0 Å². The molecule has 0 amide bonds. The number of hydrogen-bond acceptors (Lipinski definition) is 2. The number of thioether (sulfide) groups is 1. The molecule has 0 atom stereocenters. The average molecular weight is 104 g/mol. The van der Waals surface area contributed by atoms with Gasteiger partial charge in [0.2, 0.25) is 0 Å². The van der Waals surface area contributed by atoms with Gasteiger partial charge in [0.25, 0.3) is 0 Å². The normalized spacial score (nSPS) is 18.2. The van der Waals surface area contributed by atoms with Crippen molar-refractivity contribution in [2.75, 3.05) is 5.75 Å². The first-order valence-corrected chi connectivity index (χ1v) is 2.91. The Kier molecular flexibility index (Phi) is 0.918. The van der Waals surface area contributed by atoms with Crippen molar-refractivity contribution in [3.05, 3.63) is 10.3 Å². The maximum Gasteiger partial charge on any atom is 0.0222 e. The molecule has 0 aromatic heterocycles. The van der Waals surface area contributed by atoms with Crippen molar-refractivity contribution in [2.45, 2.75) is 0 Å². The highest BCUT2D eigenvalue weighted by Gasteiger charge is 2.02. The second kappa shape index (κ2) is 1.27. The van der Waals surface area contributed by atoms with Gasteiger partial charge in [-0.05, 0) is 5.41 Å². The summed E-state index contributed by atoms with van der Waals surface area (Å²) in [6, 6.07) is 0. The maximum absolute atomic E-state index is 3.99. The van der Waals surface area contributed by atoms with E-state index in [1.165, 1.54) is 4.91 Å². The molecular weight excluding hydrogens is 100 g/mol. The summed E-state index contributed by atoms with van der Waals surface area (Å²) in [5.41, 5.74) is 0. The quantitative estimate of drug-likeness (QED) is 0.492. The molecule has 1 aliphatic heterocycles. The minimum Gasteiger partial charge on any atom is -0.174 e. The third-order valence-electron chi connectivity index (χ3n) is 0.440. The molecule has 1 aliphatic rings. The van der Waals surface area contributed by atoms with Gasteiger partial charge in [-0.1, -0.05) is 0 Å². The molecule has 28 valence electrons. The second-order valence-electron chi connectivity index (χ2n) is 0.860. The van der Waals surface area contributed by atoms with Crippen LogP contribution in [0.1, 0.15) is 0 Å². The molecular formula is C3H4S2. The third-order valence-corrected chi connectivity index (χ3v) is 1.71. The Morgan fingerprint density at radius 1 is 2.00 bits per heavy atom. The van der Waals surface area contributed by atoms with E-state index in [-0.39, 0.29) is 0 Å². The molecule has 0 fully saturated rings. The minimum absolute atomic E-state index is 0.935. The molecule has 0 N–H and O–H groups in total. The van der Waals surface area contributed by atoms with E-state index in [1.54, 1.807) is 11.8 Å². The van der Waals surface area contributed by atoms with E-state index in [0.717, 1.165) is 5.75 Å². The van der Waals surface area contributed by atoms with Crippen LogP contribution >= 0.6 is 24.4 Å². The van der Waals surface area contributed by atoms with Crippen molar-refractivity contribution in [3.63, 3.8) is 0 Å². The van der Waals surface area contributed by atoms with Crippen molar-refractivity contribution in [1.82, 2.24) is 0 Å². The Hall–Kier alpha value is 0.440. The fourth-order valence-corrected chi connectivity index (χ4v) is 0.796. The predicted molar refractivity (Wildman–Crippen MR) is 29.5 cm³/mol. The highest BCUT2D eigenvalue weighted by Crippen LogP contribution is 2.33. The lowest BCUT2D eigenvalue weighted by Crippen LogP contribution is -1.52. The first-order chi connectivity index (χ1) is 2.43. The molecule has 0 saturated heterocycles. The van der Waals surface area contributed by atoms with Crippen LogP contribution in [0.4, 0.5) is 0 Å². The van der Waals surface area contributed by atoms with Crippen molar-refractivity contribution in [1.29, 1.82) is 0 Å². The van der Waals surface area contributed by atoms with Crippen LogP contribution in [-0.2, 0) is 0 Å². The smallest absolute Gasteiger partial charge is 0.0222 e. The molecule has 0 saturated carbocycles. The summed E-state index contributed by atoms with van der Waals surface area (Å²) in [6.07, 6.45) is 0. The topological polar surface area (TPSA) is 0 Å². The predicted octanol–water partition coefficient (Wildman–Crippen LogP) is 1.50. The van der Waals surface area contributed by atoms with Gasteiger partial charge in [0.15, 0.2) is 0 Å². The van der Waals surface area contributed by atoms with Crippen LogP contribution in [0.3, 0.4) is 0 Å². The summed E-state index contributed by atoms with van der Waals surface area (Å²) in [4.78, 5) is 1.41. The maximum atomic E-state index is 3.99. The van der Waals surface area contributed by atoms with E-state index in [9.17, 15) is 0 Å². The van der Waals surface area contributed by atoms with Gasteiger partial charge in [-0.25, -0.2) is 0 Å². The van der Waals surface area contributed by atoms with Gasteiger partial charge in [0.1, 0.15) is 0 Å². The highest BCUT2D eigenvalue weighted by molar-refractivity contribution is 8.12. The van der Waals surface area contributed by atoms with Gasteiger partial charge in [0.05, 0.1) is 0 Å². The molecule has 0 unspecified atom stereocenters. The lowest BCUT2D eigenvalue weighted by atomic mass is 10.8.